The van der Waals surface area contributed by atoms with Gasteiger partial charge < -0.3 is 20.3 Å². The van der Waals surface area contributed by atoms with Crippen molar-refractivity contribution in [1.82, 2.24) is 15.3 Å². The van der Waals surface area contributed by atoms with Gasteiger partial charge in [-0.3, -0.25) is 0 Å². The predicted octanol–water partition coefficient (Wildman–Crippen LogP) is 5.28. The van der Waals surface area contributed by atoms with E-state index in [0.29, 0.717) is 12.1 Å². The molecule has 3 heterocycles. The fourth-order valence-electron chi connectivity index (χ4n) is 5.51. The van der Waals surface area contributed by atoms with Crippen molar-refractivity contribution in [2.45, 2.75) is 89.9 Å². The molecule has 178 valence electrons. The average Bonchev–Trinajstić information content (AvgIpc) is 2.88. The maximum Gasteiger partial charge on any atom is 0.224 e. The van der Waals surface area contributed by atoms with Gasteiger partial charge in [0.25, 0.3) is 0 Å². The first-order valence-corrected chi connectivity index (χ1v) is 13.1. The van der Waals surface area contributed by atoms with Crippen LogP contribution in [0, 0.1) is 0 Å². The number of ether oxygens (including phenoxy) is 1. The van der Waals surface area contributed by atoms with E-state index in [1.807, 2.05) is 6.20 Å². The Morgan fingerprint density at radius 2 is 1.91 bits per heavy atom. The van der Waals surface area contributed by atoms with Gasteiger partial charge in [-0.25, -0.2) is 4.98 Å². The minimum Gasteiger partial charge on any atom is -0.381 e. The molecule has 1 aromatic carbocycles. The summed E-state index contributed by atoms with van der Waals surface area (Å²) >= 11 is 0. The van der Waals surface area contributed by atoms with Crippen molar-refractivity contribution < 1.29 is 4.74 Å². The van der Waals surface area contributed by atoms with Gasteiger partial charge in [0.2, 0.25) is 5.95 Å². The molecule has 0 unspecified atom stereocenters. The van der Waals surface area contributed by atoms with E-state index in [0.717, 1.165) is 63.9 Å². The number of rotatable bonds is 8. The standard InChI is InChI=1S/C27H39N5O/c1-2-3-13-28-27-30-18-25-24-10-9-20(17-29-22-11-14-33-15-12-22)16-21(24)19-32(26(25)31-27)23-7-5-4-6-8-23/h9-10,16,18,22-23,29H,2-8,11-15,17,19H2,1H3,(H,28,30,31). The highest BCUT2D eigenvalue weighted by Crippen LogP contribution is 2.41. The molecular formula is C27H39N5O. The van der Waals surface area contributed by atoms with Gasteiger partial charge in [-0.1, -0.05) is 50.8 Å². The molecular weight excluding hydrogens is 410 g/mol. The minimum atomic E-state index is 0.571. The maximum absolute atomic E-state index is 5.50. The lowest BCUT2D eigenvalue weighted by molar-refractivity contribution is 0.0776. The summed E-state index contributed by atoms with van der Waals surface area (Å²) in [5.74, 6) is 1.89. The number of nitrogens with one attached hydrogen (secondary N) is 2. The molecule has 5 rings (SSSR count). The van der Waals surface area contributed by atoms with Crippen molar-refractivity contribution >= 4 is 11.8 Å². The number of hydrogen-bond acceptors (Lipinski definition) is 6. The number of benzene rings is 1. The van der Waals surface area contributed by atoms with Crippen LogP contribution in [-0.4, -0.2) is 41.8 Å². The van der Waals surface area contributed by atoms with Gasteiger partial charge in [-0.05, 0) is 48.8 Å². The number of nitrogens with zero attached hydrogens (tertiary/aromatic N) is 3. The van der Waals surface area contributed by atoms with E-state index in [4.69, 9.17) is 9.72 Å². The van der Waals surface area contributed by atoms with E-state index in [1.54, 1.807) is 0 Å². The Morgan fingerprint density at radius 1 is 1.06 bits per heavy atom. The molecule has 0 atom stereocenters. The van der Waals surface area contributed by atoms with Gasteiger partial charge in [0.15, 0.2) is 0 Å². The molecule has 33 heavy (non-hydrogen) atoms. The highest BCUT2D eigenvalue weighted by molar-refractivity contribution is 5.81. The van der Waals surface area contributed by atoms with Gasteiger partial charge in [0.05, 0.1) is 0 Å². The second-order valence-corrected chi connectivity index (χ2v) is 9.89. The molecule has 1 saturated heterocycles. The predicted molar refractivity (Wildman–Crippen MR) is 135 cm³/mol. The quantitative estimate of drug-likeness (QED) is 0.535. The monoisotopic (exact) mass is 449 g/mol. The van der Waals surface area contributed by atoms with Crippen LogP contribution in [0.25, 0.3) is 11.1 Å². The van der Waals surface area contributed by atoms with Crippen LogP contribution in [0.1, 0.15) is 75.8 Å². The number of anilines is 2. The molecule has 1 aliphatic carbocycles. The molecule has 2 aliphatic heterocycles. The number of fused-ring (bicyclic) bond motifs is 3. The Morgan fingerprint density at radius 3 is 2.73 bits per heavy atom. The summed E-state index contributed by atoms with van der Waals surface area (Å²) in [6.07, 6.45) is 13.1. The van der Waals surface area contributed by atoms with Crippen molar-refractivity contribution in [3.8, 4) is 11.1 Å². The van der Waals surface area contributed by atoms with Crippen molar-refractivity contribution in [2.24, 2.45) is 0 Å². The minimum absolute atomic E-state index is 0.571. The Hall–Kier alpha value is -2.18. The third-order valence-corrected chi connectivity index (χ3v) is 7.49. The maximum atomic E-state index is 5.50. The SMILES string of the molecule is CCCCNc1ncc2c(n1)N(C1CCCCC1)Cc1cc(CNC3CCOCC3)ccc1-2. The van der Waals surface area contributed by atoms with Crippen molar-refractivity contribution in [1.29, 1.82) is 0 Å². The van der Waals surface area contributed by atoms with Gasteiger partial charge >= 0.3 is 0 Å². The largest absolute Gasteiger partial charge is 0.381 e. The van der Waals surface area contributed by atoms with Crippen LogP contribution >= 0.6 is 0 Å². The van der Waals surface area contributed by atoms with Gasteiger partial charge in [-0.2, -0.15) is 4.98 Å². The Bertz CT molecular complexity index is 921. The summed E-state index contributed by atoms with van der Waals surface area (Å²) in [6.45, 7) is 6.77. The zero-order valence-corrected chi connectivity index (χ0v) is 20.1. The van der Waals surface area contributed by atoms with Gasteiger partial charge in [-0.15, -0.1) is 0 Å². The topological polar surface area (TPSA) is 62.3 Å². The number of unbranched alkanes of at least 4 members (excludes halogenated alkanes) is 1. The molecule has 0 amide bonds. The van der Waals surface area contributed by atoms with Crippen LogP contribution in [0.3, 0.4) is 0 Å². The van der Waals surface area contributed by atoms with Crippen molar-refractivity contribution in [3.05, 3.63) is 35.5 Å². The zero-order chi connectivity index (χ0) is 22.5. The summed E-state index contributed by atoms with van der Waals surface area (Å²) < 4.78 is 5.50. The molecule has 6 heteroatoms. The number of aromatic nitrogens is 2. The van der Waals surface area contributed by atoms with Crippen molar-refractivity contribution in [3.63, 3.8) is 0 Å². The summed E-state index contributed by atoms with van der Waals surface area (Å²) in [5, 5.41) is 7.18. The van der Waals surface area contributed by atoms with E-state index in [1.165, 1.54) is 60.8 Å². The Balaban J connectivity index is 1.39. The van der Waals surface area contributed by atoms with Crippen LogP contribution in [0.15, 0.2) is 24.4 Å². The molecule has 6 nitrogen and oxygen atoms in total. The molecule has 2 N–H and O–H groups in total. The first kappa shape index (κ1) is 22.6. The van der Waals surface area contributed by atoms with Crippen LogP contribution in [0.4, 0.5) is 11.8 Å². The fraction of sp³-hybridized carbons (Fsp3) is 0.630. The molecule has 3 aliphatic rings. The van der Waals surface area contributed by atoms with Crippen LogP contribution in [-0.2, 0) is 17.8 Å². The fourth-order valence-corrected chi connectivity index (χ4v) is 5.51. The third-order valence-electron chi connectivity index (χ3n) is 7.49. The average molecular weight is 450 g/mol. The lowest BCUT2D eigenvalue weighted by Crippen LogP contribution is -2.39. The van der Waals surface area contributed by atoms with E-state index in [2.05, 4.69) is 45.6 Å². The Labute approximate surface area is 198 Å². The lowest BCUT2D eigenvalue weighted by Gasteiger charge is -2.39. The lowest BCUT2D eigenvalue weighted by atomic mass is 9.89. The molecule has 0 bridgehead atoms. The van der Waals surface area contributed by atoms with E-state index in [-0.39, 0.29) is 0 Å². The Kier molecular flexibility index (Phi) is 7.42. The van der Waals surface area contributed by atoms with Gasteiger partial charge in [0, 0.05) is 56.7 Å². The normalized spacial score (nSPS) is 19.2. The highest BCUT2D eigenvalue weighted by Gasteiger charge is 2.30. The van der Waals surface area contributed by atoms with E-state index in [9.17, 15) is 0 Å². The second-order valence-electron chi connectivity index (χ2n) is 9.89. The molecule has 2 aromatic rings. The summed E-state index contributed by atoms with van der Waals surface area (Å²) in [5.41, 5.74) is 5.26. The molecule has 1 aromatic heterocycles. The molecule has 0 spiro atoms. The summed E-state index contributed by atoms with van der Waals surface area (Å²) in [7, 11) is 0. The summed E-state index contributed by atoms with van der Waals surface area (Å²) in [4.78, 5) is 12.3. The number of hydrogen-bond donors (Lipinski definition) is 2. The third kappa shape index (κ3) is 5.33. The zero-order valence-electron chi connectivity index (χ0n) is 20.1. The second kappa shape index (κ2) is 10.8. The van der Waals surface area contributed by atoms with Crippen molar-refractivity contribution in [2.75, 3.05) is 30.0 Å². The molecule has 0 radical (unpaired) electrons. The molecule has 1 saturated carbocycles. The van der Waals surface area contributed by atoms with Crippen LogP contribution in [0.5, 0.6) is 0 Å². The van der Waals surface area contributed by atoms with Gasteiger partial charge in [0.1, 0.15) is 5.82 Å². The first-order chi connectivity index (χ1) is 16.3. The summed E-state index contributed by atoms with van der Waals surface area (Å²) in [6, 6.07) is 8.13. The van der Waals surface area contributed by atoms with Crippen LogP contribution in [0.2, 0.25) is 0 Å². The first-order valence-electron chi connectivity index (χ1n) is 13.1. The van der Waals surface area contributed by atoms with E-state index < -0.39 is 0 Å². The molecule has 2 fully saturated rings. The van der Waals surface area contributed by atoms with Crippen LogP contribution < -0.4 is 15.5 Å². The smallest absolute Gasteiger partial charge is 0.224 e. The highest BCUT2D eigenvalue weighted by atomic mass is 16.5. The van der Waals surface area contributed by atoms with E-state index >= 15 is 0 Å².